The molecule has 12 heavy (non-hydrogen) atoms. The summed E-state index contributed by atoms with van der Waals surface area (Å²) < 4.78 is 5.02. The zero-order chi connectivity index (χ0) is 8.97. The molecule has 0 amide bonds. The van der Waals surface area contributed by atoms with Gasteiger partial charge in [0.05, 0.1) is 18.0 Å². The van der Waals surface area contributed by atoms with Crippen LogP contribution in [0.3, 0.4) is 0 Å². The Hall–Kier alpha value is -1.16. The van der Waals surface area contributed by atoms with Gasteiger partial charge in [-0.25, -0.2) is 0 Å². The maximum absolute atomic E-state index is 8.48. The zero-order valence-electron chi connectivity index (χ0n) is 7.16. The minimum Gasteiger partial charge on any atom is -0.461 e. The zero-order valence-corrected chi connectivity index (χ0v) is 7.16. The molecule has 0 saturated heterocycles. The highest BCUT2D eigenvalue weighted by Gasteiger charge is 1.99. The molecule has 4 nitrogen and oxygen atoms in total. The van der Waals surface area contributed by atoms with Crippen LogP contribution in [0.4, 0.5) is 0 Å². The molecule has 0 spiro atoms. The first-order chi connectivity index (χ1) is 5.72. The maximum Gasteiger partial charge on any atom is 0.316 e. The van der Waals surface area contributed by atoms with Gasteiger partial charge in [-0.3, -0.25) is 0 Å². The van der Waals surface area contributed by atoms with Crippen LogP contribution < -0.4 is 4.74 Å². The van der Waals surface area contributed by atoms with Crippen LogP contribution in [0, 0.1) is 19.9 Å². The van der Waals surface area contributed by atoms with Gasteiger partial charge in [0.15, 0.2) is 0 Å². The van der Waals surface area contributed by atoms with Crippen molar-refractivity contribution in [3.63, 3.8) is 0 Å². The third kappa shape index (κ3) is 2.47. The van der Waals surface area contributed by atoms with E-state index in [0.717, 1.165) is 11.4 Å². The summed E-state index contributed by atoms with van der Waals surface area (Å²) in [5.41, 5.74) is 1.49. The van der Waals surface area contributed by atoms with E-state index in [1.54, 1.807) is 0 Å². The third-order valence-corrected chi connectivity index (χ3v) is 1.21. The lowest BCUT2D eigenvalue weighted by atomic mass is 10.4. The molecule has 65 valence electrons. The molecule has 1 radical (unpaired) electrons. The monoisotopic (exact) mass is 167 g/mol. The predicted octanol–water partition coefficient (Wildman–Crippen LogP) is 0.265. The molecular weight excluding hydrogens is 156 g/mol. The topological polar surface area (TPSA) is 55.2 Å². The van der Waals surface area contributed by atoms with Crippen molar-refractivity contribution in [2.45, 2.75) is 13.8 Å². The number of rotatable bonds is 3. The summed E-state index contributed by atoms with van der Waals surface area (Å²) in [5.74, 6) is 0. The average molecular weight is 167 g/mol. The van der Waals surface area contributed by atoms with E-state index in [2.05, 4.69) is 16.0 Å². The number of nitrogens with zero attached hydrogens (tertiary/aromatic N) is 2. The van der Waals surface area contributed by atoms with Crippen molar-refractivity contribution < 1.29 is 9.84 Å². The van der Waals surface area contributed by atoms with Gasteiger partial charge >= 0.3 is 6.01 Å². The Bertz CT molecular complexity index is 243. The van der Waals surface area contributed by atoms with Crippen molar-refractivity contribution in [1.29, 1.82) is 0 Å². The van der Waals surface area contributed by atoms with E-state index in [1.165, 1.54) is 0 Å². The molecule has 0 aliphatic carbocycles. The summed E-state index contributed by atoms with van der Waals surface area (Å²) in [6.45, 7) is 3.84. The molecule has 1 N–H and O–H groups in total. The summed E-state index contributed by atoms with van der Waals surface area (Å²) in [5, 5.41) is 8.48. The summed E-state index contributed by atoms with van der Waals surface area (Å²) in [4.78, 5) is 7.94. The Morgan fingerprint density at radius 2 is 1.92 bits per heavy atom. The second-order valence-corrected chi connectivity index (χ2v) is 2.37. The van der Waals surface area contributed by atoms with Crippen LogP contribution in [0.25, 0.3) is 0 Å². The SMILES string of the molecule is Cc1[c]c(C)nc(OCCO)n1. The van der Waals surface area contributed by atoms with E-state index >= 15 is 0 Å². The fraction of sp³-hybridized carbons (Fsp3) is 0.500. The van der Waals surface area contributed by atoms with E-state index < -0.39 is 0 Å². The highest BCUT2D eigenvalue weighted by Crippen LogP contribution is 2.04. The molecule has 4 heteroatoms. The summed E-state index contributed by atoms with van der Waals surface area (Å²) >= 11 is 0. The molecule has 1 heterocycles. The molecule has 0 aliphatic rings. The normalized spacial score (nSPS) is 9.92. The van der Waals surface area contributed by atoms with Crippen molar-refractivity contribution in [2.24, 2.45) is 0 Å². The number of aryl methyl sites for hydroxylation is 2. The second-order valence-electron chi connectivity index (χ2n) is 2.37. The van der Waals surface area contributed by atoms with Crippen molar-refractivity contribution in [1.82, 2.24) is 9.97 Å². The minimum absolute atomic E-state index is 0.0277. The van der Waals surface area contributed by atoms with Crippen LogP contribution in [0.5, 0.6) is 6.01 Å². The first-order valence-corrected chi connectivity index (χ1v) is 3.70. The van der Waals surface area contributed by atoms with Crippen LogP contribution in [0.2, 0.25) is 0 Å². The molecule has 1 rings (SSSR count). The van der Waals surface area contributed by atoms with Crippen molar-refractivity contribution in [3.8, 4) is 6.01 Å². The Morgan fingerprint density at radius 3 is 2.42 bits per heavy atom. The van der Waals surface area contributed by atoms with Crippen molar-refractivity contribution >= 4 is 0 Å². The van der Waals surface area contributed by atoms with Crippen molar-refractivity contribution in [2.75, 3.05) is 13.2 Å². The van der Waals surface area contributed by atoms with Gasteiger partial charge in [0.1, 0.15) is 6.61 Å². The summed E-state index contributed by atoms with van der Waals surface area (Å²) in [7, 11) is 0. The molecule has 0 unspecified atom stereocenters. The van der Waals surface area contributed by atoms with E-state index in [9.17, 15) is 0 Å². The average Bonchev–Trinajstić information content (AvgIpc) is 1.99. The lowest BCUT2D eigenvalue weighted by Gasteiger charge is -2.02. The number of hydrogen-bond donors (Lipinski definition) is 1. The first kappa shape index (κ1) is 8.93. The Balaban J connectivity index is 2.72. The largest absolute Gasteiger partial charge is 0.461 e. The highest BCUT2D eigenvalue weighted by atomic mass is 16.5. The lowest BCUT2D eigenvalue weighted by Crippen LogP contribution is -2.05. The molecular formula is C8H11N2O2. The van der Waals surface area contributed by atoms with Crippen molar-refractivity contribution in [3.05, 3.63) is 17.5 Å². The van der Waals surface area contributed by atoms with Gasteiger partial charge in [-0.1, -0.05) is 0 Å². The number of aliphatic hydroxyl groups is 1. The van der Waals surface area contributed by atoms with Crippen LogP contribution in [-0.2, 0) is 0 Å². The smallest absolute Gasteiger partial charge is 0.316 e. The molecule has 1 aromatic rings. The van der Waals surface area contributed by atoms with Crippen LogP contribution in [-0.4, -0.2) is 28.3 Å². The fourth-order valence-corrected chi connectivity index (χ4v) is 0.831. The van der Waals surface area contributed by atoms with Gasteiger partial charge in [0.25, 0.3) is 0 Å². The minimum atomic E-state index is -0.0277. The molecule has 0 saturated carbocycles. The number of aliphatic hydroxyl groups excluding tert-OH is 1. The molecule has 0 atom stereocenters. The van der Waals surface area contributed by atoms with Gasteiger partial charge in [-0.15, -0.1) is 0 Å². The van der Waals surface area contributed by atoms with Crippen LogP contribution in [0.15, 0.2) is 0 Å². The molecule has 0 aliphatic heterocycles. The molecule has 0 fully saturated rings. The standard InChI is InChI=1S/C8H11N2O2/c1-6-5-7(2)10-8(9-6)12-4-3-11/h11H,3-4H2,1-2H3. The van der Waals surface area contributed by atoms with Gasteiger partial charge < -0.3 is 9.84 Å². The second kappa shape index (κ2) is 4.01. The number of ether oxygens (including phenoxy) is 1. The van der Waals surface area contributed by atoms with Crippen LogP contribution in [0.1, 0.15) is 11.4 Å². The molecule has 0 aromatic carbocycles. The number of hydrogen-bond acceptors (Lipinski definition) is 4. The fourth-order valence-electron chi connectivity index (χ4n) is 0.831. The molecule has 1 aromatic heterocycles. The predicted molar refractivity (Wildman–Crippen MR) is 42.9 cm³/mol. The Labute approximate surface area is 71.2 Å². The van der Waals surface area contributed by atoms with Gasteiger partial charge in [-0.05, 0) is 13.8 Å². The van der Waals surface area contributed by atoms with E-state index in [4.69, 9.17) is 9.84 Å². The maximum atomic E-state index is 8.48. The van der Waals surface area contributed by atoms with Gasteiger partial charge in [-0.2, -0.15) is 9.97 Å². The highest BCUT2D eigenvalue weighted by molar-refractivity contribution is 5.08. The summed E-state index contributed by atoms with van der Waals surface area (Å²) in [6, 6.07) is 3.23. The first-order valence-electron chi connectivity index (χ1n) is 3.70. The van der Waals surface area contributed by atoms with Gasteiger partial charge in [0, 0.05) is 6.07 Å². The Morgan fingerprint density at radius 1 is 1.33 bits per heavy atom. The quantitative estimate of drug-likeness (QED) is 0.701. The van der Waals surface area contributed by atoms with E-state index in [-0.39, 0.29) is 13.2 Å². The molecule has 0 bridgehead atoms. The Kier molecular flexibility index (Phi) is 2.99. The summed E-state index contributed by atoms with van der Waals surface area (Å²) in [6.07, 6.45) is 0. The van der Waals surface area contributed by atoms with Crippen LogP contribution >= 0.6 is 0 Å². The number of aromatic nitrogens is 2. The van der Waals surface area contributed by atoms with Gasteiger partial charge in [0.2, 0.25) is 0 Å². The van der Waals surface area contributed by atoms with E-state index in [0.29, 0.717) is 6.01 Å². The van der Waals surface area contributed by atoms with E-state index in [1.807, 2.05) is 13.8 Å². The lowest BCUT2D eigenvalue weighted by molar-refractivity contribution is 0.191. The third-order valence-electron chi connectivity index (χ3n) is 1.21.